The highest BCUT2D eigenvalue weighted by atomic mass is 19.4. The molecular weight excluding hydrogens is 357 g/mol. The molecule has 1 amide bonds. The summed E-state index contributed by atoms with van der Waals surface area (Å²) in [5, 5.41) is 10.5. The second kappa shape index (κ2) is 7.45. The van der Waals surface area contributed by atoms with E-state index in [4.69, 9.17) is 0 Å². The third-order valence-corrected chi connectivity index (χ3v) is 3.79. The van der Waals surface area contributed by atoms with Crippen LogP contribution in [0.1, 0.15) is 27.2 Å². The van der Waals surface area contributed by atoms with Crippen LogP contribution in [0.5, 0.6) is 0 Å². The summed E-state index contributed by atoms with van der Waals surface area (Å²) in [6, 6.07) is 13.7. The first kappa shape index (κ1) is 18.4. The smallest absolute Gasteiger partial charge is 0.272 e. The highest BCUT2D eigenvalue weighted by Crippen LogP contribution is 2.28. The third-order valence-electron chi connectivity index (χ3n) is 3.79. The Bertz CT molecular complexity index is 958. The summed E-state index contributed by atoms with van der Waals surface area (Å²) in [6.45, 7) is 1.97. The molecule has 2 N–H and O–H groups in total. The number of carbonyl (C=O) groups is 1. The minimum absolute atomic E-state index is 0.218. The van der Waals surface area contributed by atoms with Gasteiger partial charge in [0.15, 0.2) is 0 Å². The molecule has 8 heteroatoms. The highest BCUT2D eigenvalue weighted by Gasteiger charge is 2.29. The highest BCUT2D eigenvalue weighted by molar-refractivity contribution is 5.94. The molecule has 0 aliphatic heterocycles. The van der Waals surface area contributed by atoms with Gasteiger partial charge in [0.05, 0.1) is 17.5 Å². The molecular formula is C19H15F3N4O. The minimum Gasteiger partial charge on any atom is -0.272 e. The normalized spacial score (nSPS) is 11.7. The molecule has 0 unspecified atom stereocenters. The van der Waals surface area contributed by atoms with Crippen LogP contribution in [0.2, 0.25) is 0 Å². The van der Waals surface area contributed by atoms with Gasteiger partial charge in [-0.3, -0.25) is 9.89 Å². The number of rotatable bonds is 4. The summed E-state index contributed by atoms with van der Waals surface area (Å²) >= 11 is 0. The van der Waals surface area contributed by atoms with Crippen LogP contribution < -0.4 is 5.43 Å². The molecule has 1 heterocycles. The summed E-state index contributed by atoms with van der Waals surface area (Å²) in [5.74, 6) is -0.510. The molecule has 1 aromatic heterocycles. The van der Waals surface area contributed by atoms with Crippen LogP contribution in [0.15, 0.2) is 59.7 Å². The number of hydrogen-bond donors (Lipinski definition) is 2. The van der Waals surface area contributed by atoms with E-state index in [9.17, 15) is 18.0 Å². The average Bonchev–Trinajstić information content (AvgIpc) is 3.12. The fraction of sp³-hybridized carbons (Fsp3) is 0.105. The maximum Gasteiger partial charge on any atom is 0.416 e. The van der Waals surface area contributed by atoms with E-state index in [-0.39, 0.29) is 5.69 Å². The molecule has 0 saturated heterocycles. The molecule has 0 saturated carbocycles. The first-order chi connectivity index (χ1) is 12.8. The van der Waals surface area contributed by atoms with Crippen molar-refractivity contribution in [3.05, 3.63) is 77.0 Å². The predicted molar refractivity (Wildman–Crippen MR) is 95.3 cm³/mol. The molecule has 5 nitrogen and oxygen atoms in total. The number of aromatic amines is 1. The van der Waals surface area contributed by atoms with Crippen molar-refractivity contribution >= 4 is 12.1 Å². The summed E-state index contributed by atoms with van der Waals surface area (Å²) in [4.78, 5) is 12.1. The zero-order valence-electron chi connectivity index (χ0n) is 14.2. The first-order valence-electron chi connectivity index (χ1n) is 7.96. The Morgan fingerprint density at radius 1 is 1.11 bits per heavy atom. The van der Waals surface area contributed by atoms with Gasteiger partial charge in [-0.05, 0) is 30.7 Å². The molecule has 0 aliphatic rings. The quantitative estimate of drug-likeness (QED) is 0.533. The predicted octanol–water partition coefficient (Wildman–Crippen LogP) is 4.17. The number of aromatic nitrogens is 2. The first-order valence-corrected chi connectivity index (χ1v) is 7.96. The second-order valence-corrected chi connectivity index (χ2v) is 5.85. The number of benzene rings is 2. The van der Waals surface area contributed by atoms with Crippen molar-refractivity contribution in [3.63, 3.8) is 0 Å². The lowest BCUT2D eigenvalue weighted by Gasteiger charge is -2.05. The van der Waals surface area contributed by atoms with Crippen LogP contribution in [0.3, 0.4) is 0 Å². The minimum atomic E-state index is -4.39. The van der Waals surface area contributed by atoms with Gasteiger partial charge in [-0.15, -0.1) is 0 Å². The monoisotopic (exact) mass is 372 g/mol. The number of alkyl halides is 3. The third kappa shape index (κ3) is 4.60. The van der Waals surface area contributed by atoms with E-state index < -0.39 is 17.6 Å². The SMILES string of the molecule is Cc1ccc(-c2cc(C(=O)NN=Cc3ccc(C(F)(F)F)cc3)[nH]n2)cc1. The number of aryl methyl sites for hydroxylation is 1. The van der Waals surface area contributed by atoms with Gasteiger partial charge in [-0.2, -0.15) is 23.4 Å². The number of hydrazone groups is 1. The lowest BCUT2D eigenvalue weighted by atomic mass is 10.1. The number of carbonyl (C=O) groups excluding carboxylic acids is 1. The number of nitrogens with one attached hydrogen (secondary N) is 2. The molecule has 27 heavy (non-hydrogen) atoms. The van der Waals surface area contributed by atoms with Crippen molar-refractivity contribution < 1.29 is 18.0 Å². The summed E-state index contributed by atoms with van der Waals surface area (Å²) < 4.78 is 37.5. The van der Waals surface area contributed by atoms with Gasteiger partial charge in [-0.1, -0.05) is 42.0 Å². The number of halogens is 3. The van der Waals surface area contributed by atoms with Crippen molar-refractivity contribution in [2.24, 2.45) is 5.10 Å². The van der Waals surface area contributed by atoms with Crippen LogP contribution in [-0.4, -0.2) is 22.3 Å². The van der Waals surface area contributed by atoms with Gasteiger partial charge in [0.2, 0.25) is 0 Å². The van der Waals surface area contributed by atoms with Crippen LogP contribution in [0, 0.1) is 6.92 Å². The number of H-pyrrole nitrogens is 1. The fourth-order valence-electron chi connectivity index (χ4n) is 2.29. The van der Waals surface area contributed by atoms with E-state index in [1.54, 1.807) is 6.07 Å². The topological polar surface area (TPSA) is 70.1 Å². The Morgan fingerprint density at radius 2 is 1.78 bits per heavy atom. The average molecular weight is 372 g/mol. The maximum absolute atomic E-state index is 12.5. The van der Waals surface area contributed by atoms with Gasteiger partial charge in [0.25, 0.3) is 5.91 Å². The van der Waals surface area contributed by atoms with Crippen LogP contribution in [0.4, 0.5) is 13.2 Å². The molecule has 0 bridgehead atoms. The number of amides is 1. The standard InChI is InChI=1S/C19H15F3N4O/c1-12-2-6-14(7-3-12)16-10-17(25-24-16)18(27)26-23-11-13-4-8-15(9-5-13)19(20,21)22/h2-11H,1H3,(H,24,25)(H,26,27). The van der Waals surface area contributed by atoms with Crippen molar-refractivity contribution in [2.45, 2.75) is 13.1 Å². The fourth-order valence-corrected chi connectivity index (χ4v) is 2.29. The van der Waals surface area contributed by atoms with Gasteiger partial charge in [-0.25, -0.2) is 5.43 Å². The van der Waals surface area contributed by atoms with E-state index in [0.29, 0.717) is 11.3 Å². The zero-order valence-corrected chi connectivity index (χ0v) is 14.2. The Labute approximate surface area is 152 Å². The maximum atomic E-state index is 12.5. The van der Waals surface area contributed by atoms with Gasteiger partial charge in [0.1, 0.15) is 5.69 Å². The van der Waals surface area contributed by atoms with Crippen LogP contribution in [-0.2, 0) is 6.18 Å². The molecule has 0 spiro atoms. The van der Waals surface area contributed by atoms with Crippen molar-refractivity contribution in [1.82, 2.24) is 15.6 Å². The van der Waals surface area contributed by atoms with Gasteiger partial charge in [0, 0.05) is 5.56 Å². The molecule has 0 atom stereocenters. The largest absolute Gasteiger partial charge is 0.416 e. The van der Waals surface area contributed by atoms with E-state index in [0.717, 1.165) is 23.3 Å². The lowest BCUT2D eigenvalue weighted by molar-refractivity contribution is -0.137. The zero-order chi connectivity index (χ0) is 19.4. The van der Waals surface area contributed by atoms with E-state index in [1.165, 1.54) is 18.3 Å². The van der Waals surface area contributed by atoms with E-state index in [1.807, 2.05) is 31.2 Å². The summed E-state index contributed by atoms with van der Waals surface area (Å²) in [6.07, 6.45) is -3.13. The van der Waals surface area contributed by atoms with Crippen molar-refractivity contribution in [2.75, 3.05) is 0 Å². The molecule has 2 aromatic carbocycles. The van der Waals surface area contributed by atoms with Crippen molar-refractivity contribution in [1.29, 1.82) is 0 Å². The van der Waals surface area contributed by atoms with E-state index >= 15 is 0 Å². The van der Waals surface area contributed by atoms with Gasteiger partial charge >= 0.3 is 6.18 Å². The summed E-state index contributed by atoms with van der Waals surface area (Å²) in [7, 11) is 0. The Hall–Kier alpha value is -3.42. The second-order valence-electron chi connectivity index (χ2n) is 5.85. The molecule has 3 rings (SSSR count). The number of nitrogens with zero attached hydrogens (tertiary/aromatic N) is 2. The molecule has 0 radical (unpaired) electrons. The Balaban J connectivity index is 1.62. The Morgan fingerprint density at radius 3 is 2.41 bits per heavy atom. The molecule has 3 aromatic rings. The summed E-state index contributed by atoms with van der Waals surface area (Å²) in [5.41, 5.74) is 4.80. The molecule has 138 valence electrons. The van der Waals surface area contributed by atoms with Crippen molar-refractivity contribution in [3.8, 4) is 11.3 Å². The van der Waals surface area contributed by atoms with Gasteiger partial charge < -0.3 is 0 Å². The van der Waals surface area contributed by atoms with Crippen LogP contribution >= 0.6 is 0 Å². The molecule has 0 aliphatic carbocycles. The molecule has 0 fully saturated rings. The number of hydrogen-bond acceptors (Lipinski definition) is 3. The van der Waals surface area contributed by atoms with E-state index in [2.05, 4.69) is 20.7 Å². The Kier molecular flexibility index (Phi) is 5.07. The van der Waals surface area contributed by atoms with Crippen LogP contribution in [0.25, 0.3) is 11.3 Å². The lowest BCUT2D eigenvalue weighted by Crippen LogP contribution is -2.18.